The molecule has 8 nitrogen and oxygen atoms in total. The van der Waals surface area contributed by atoms with E-state index in [2.05, 4.69) is 34.3 Å². The quantitative estimate of drug-likeness (QED) is 0.245. The Kier molecular flexibility index (Phi) is 7.38. The van der Waals surface area contributed by atoms with Gasteiger partial charge in [-0.1, -0.05) is 40.7 Å². The van der Waals surface area contributed by atoms with Crippen LogP contribution in [0.1, 0.15) is 56.2 Å². The molecule has 2 aromatic carbocycles. The summed E-state index contributed by atoms with van der Waals surface area (Å²) in [6.07, 6.45) is 5.04. The Balaban J connectivity index is 1.37. The molecular weight excluding hydrogens is 507 g/mol. The van der Waals surface area contributed by atoms with Gasteiger partial charge in [-0.25, -0.2) is 14.1 Å². The average molecular weight is 541 g/mol. The van der Waals surface area contributed by atoms with Crippen molar-refractivity contribution in [2.45, 2.75) is 53.1 Å². The number of nitrogens with zero attached hydrogens (tertiary/aromatic N) is 5. The number of carbonyl (C=O) groups excluding carboxylic acids is 1. The van der Waals surface area contributed by atoms with E-state index in [9.17, 15) is 9.18 Å². The first kappa shape index (κ1) is 27.1. The Bertz CT molecular complexity index is 1650. The molecule has 1 N–H and O–H groups in total. The number of pyridine rings is 1. The van der Waals surface area contributed by atoms with Crippen LogP contribution in [0.25, 0.3) is 16.7 Å². The van der Waals surface area contributed by atoms with Gasteiger partial charge in [0.25, 0.3) is 5.91 Å². The van der Waals surface area contributed by atoms with E-state index >= 15 is 0 Å². The molecule has 0 aliphatic rings. The number of fused-ring (bicyclic) bond motifs is 1. The lowest BCUT2D eigenvalue weighted by molar-refractivity contribution is 0.0948. The number of hydrogen-bond acceptors (Lipinski definition) is 5. The van der Waals surface area contributed by atoms with Gasteiger partial charge in [-0.2, -0.15) is 10.2 Å². The van der Waals surface area contributed by atoms with Crippen molar-refractivity contribution in [3.63, 3.8) is 0 Å². The number of carbonyl (C=O) groups is 1. The summed E-state index contributed by atoms with van der Waals surface area (Å²) >= 11 is 0. The molecule has 0 aliphatic carbocycles. The van der Waals surface area contributed by atoms with Crippen LogP contribution in [0.4, 0.5) is 4.39 Å². The number of amides is 1. The van der Waals surface area contributed by atoms with Gasteiger partial charge in [0.2, 0.25) is 0 Å². The first-order valence-electron chi connectivity index (χ1n) is 13.3. The van der Waals surface area contributed by atoms with E-state index in [1.165, 1.54) is 12.1 Å². The summed E-state index contributed by atoms with van der Waals surface area (Å²) in [5, 5.41) is 12.8. The number of nitrogens with one attached hydrogen (secondary N) is 1. The molecule has 0 atom stereocenters. The van der Waals surface area contributed by atoms with E-state index in [0.29, 0.717) is 34.4 Å². The highest BCUT2D eigenvalue weighted by atomic mass is 19.1. The smallest absolute Gasteiger partial charge is 0.255 e. The Morgan fingerprint density at radius 3 is 2.60 bits per heavy atom. The largest absolute Gasteiger partial charge is 0.457 e. The Labute approximate surface area is 232 Å². The molecule has 0 spiro atoms. The van der Waals surface area contributed by atoms with Crippen molar-refractivity contribution in [2.24, 2.45) is 5.92 Å². The van der Waals surface area contributed by atoms with Gasteiger partial charge in [-0.05, 0) is 54.4 Å². The van der Waals surface area contributed by atoms with Crippen LogP contribution >= 0.6 is 0 Å². The molecule has 0 saturated heterocycles. The minimum absolute atomic E-state index is 0.0683. The lowest BCUT2D eigenvalue weighted by Crippen LogP contribution is -2.28. The Morgan fingerprint density at radius 1 is 1.05 bits per heavy atom. The third-order valence-corrected chi connectivity index (χ3v) is 6.43. The normalized spacial score (nSPS) is 11.8. The van der Waals surface area contributed by atoms with Crippen LogP contribution < -0.4 is 10.1 Å². The SMILES string of the molecule is CC(C)Cn1ncc2cc(Oc3ccc(F)cc3CNC(=O)c3cnn(-c4ccccn4)c3C(C)(C)C)ccc21. The zero-order valence-electron chi connectivity index (χ0n) is 23.4. The van der Waals surface area contributed by atoms with Crippen LogP contribution in [0.5, 0.6) is 11.5 Å². The topological polar surface area (TPSA) is 86.9 Å². The fourth-order valence-corrected chi connectivity index (χ4v) is 4.69. The highest BCUT2D eigenvalue weighted by Gasteiger charge is 2.28. The maximum atomic E-state index is 14.3. The predicted molar refractivity (Wildman–Crippen MR) is 152 cm³/mol. The van der Waals surface area contributed by atoms with Crippen molar-refractivity contribution in [3.8, 4) is 17.3 Å². The molecule has 0 fully saturated rings. The predicted octanol–water partition coefficient (Wildman–Crippen LogP) is 6.43. The van der Waals surface area contributed by atoms with Gasteiger partial charge in [-0.3, -0.25) is 9.48 Å². The Morgan fingerprint density at radius 2 is 1.88 bits per heavy atom. The van der Waals surface area contributed by atoms with Crippen molar-refractivity contribution in [1.82, 2.24) is 29.9 Å². The number of aromatic nitrogens is 5. The average Bonchev–Trinajstić information content (AvgIpc) is 3.54. The van der Waals surface area contributed by atoms with Crippen LogP contribution in [-0.2, 0) is 18.5 Å². The number of rotatable bonds is 8. The second-order valence-electron chi connectivity index (χ2n) is 11.2. The van der Waals surface area contributed by atoms with Gasteiger partial charge >= 0.3 is 0 Å². The summed E-state index contributed by atoms with van der Waals surface area (Å²) in [5.74, 6) is 1.42. The van der Waals surface area contributed by atoms with Crippen LogP contribution in [-0.4, -0.2) is 30.5 Å². The van der Waals surface area contributed by atoms with Gasteiger partial charge in [-0.15, -0.1) is 0 Å². The molecule has 0 aliphatic heterocycles. The van der Waals surface area contributed by atoms with Crippen molar-refractivity contribution < 1.29 is 13.9 Å². The maximum Gasteiger partial charge on any atom is 0.255 e. The zero-order chi connectivity index (χ0) is 28.4. The van der Waals surface area contributed by atoms with E-state index in [1.54, 1.807) is 23.1 Å². The highest BCUT2D eigenvalue weighted by Crippen LogP contribution is 2.30. The molecule has 40 heavy (non-hydrogen) atoms. The standard InChI is InChI=1S/C31H33FN6O2/c1-20(2)19-37-26-11-10-24(15-21(26)17-35-37)40-27-12-9-23(32)14-22(27)16-34-30(39)25-18-36-38(29(25)31(3,4)5)28-8-6-7-13-33-28/h6-15,17-18,20H,16,19H2,1-5H3,(H,34,39). The Hall–Kier alpha value is -4.53. The third kappa shape index (κ3) is 5.73. The minimum Gasteiger partial charge on any atom is -0.457 e. The fourth-order valence-electron chi connectivity index (χ4n) is 4.69. The van der Waals surface area contributed by atoms with Crippen LogP contribution in [0.15, 0.2) is 73.2 Å². The van der Waals surface area contributed by atoms with E-state index in [-0.39, 0.29) is 12.5 Å². The molecule has 3 aromatic heterocycles. The van der Waals surface area contributed by atoms with Crippen LogP contribution in [0.3, 0.4) is 0 Å². The number of benzene rings is 2. The molecule has 0 radical (unpaired) electrons. The highest BCUT2D eigenvalue weighted by molar-refractivity contribution is 5.95. The molecule has 206 valence electrons. The number of hydrogen-bond donors (Lipinski definition) is 1. The van der Waals surface area contributed by atoms with Crippen LogP contribution in [0, 0.1) is 11.7 Å². The fraction of sp³-hybridized carbons (Fsp3) is 0.290. The summed E-state index contributed by atoms with van der Waals surface area (Å²) in [6, 6.07) is 15.6. The molecule has 0 saturated carbocycles. The van der Waals surface area contributed by atoms with Gasteiger partial charge < -0.3 is 10.1 Å². The first-order valence-corrected chi connectivity index (χ1v) is 13.3. The summed E-state index contributed by atoms with van der Waals surface area (Å²) in [4.78, 5) is 17.8. The summed E-state index contributed by atoms with van der Waals surface area (Å²) in [6.45, 7) is 11.2. The van der Waals surface area contributed by atoms with Crippen LogP contribution in [0.2, 0.25) is 0 Å². The van der Waals surface area contributed by atoms with E-state index in [4.69, 9.17) is 4.74 Å². The van der Waals surface area contributed by atoms with Gasteiger partial charge in [0.15, 0.2) is 5.82 Å². The van der Waals surface area contributed by atoms with Crippen molar-refractivity contribution in [2.75, 3.05) is 0 Å². The summed E-state index contributed by atoms with van der Waals surface area (Å²) in [7, 11) is 0. The van der Waals surface area contributed by atoms with Gasteiger partial charge in [0.05, 0.1) is 29.2 Å². The van der Waals surface area contributed by atoms with Gasteiger partial charge in [0.1, 0.15) is 17.3 Å². The summed E-state index contributed by atoms with van der Waals surface area (Å²) in [5.41, 5.74) is 2.30. The van der Waals surface area contributed by atoms with Crippen molar-refractivity contribution in [1.29, 1.82) is 0 Å². The monoisotopic (exact) mass is 540 g/mol. The van der Waals surface area contributed by atoms with E-state index in [0.717, 1.165) is 23.1 Å². The summed E-state index contributed by atoms with van der Waals surface area (Å²) < 4.78 is 24.1. The van der Waals surface area contributed by atoms with Crippen molar-refractivity contribution in [3.05, 3.63) is 95.8 Å². The number of ether oxygens (including phenoxy) is 1. The van der Waals surface area contributed by atoms with Crippen molar-refractivity contribution >= 4 is 16.8 Å². The van der Waals surface area contributed by atoms with E-state index in [1.807, 2.05) is 68.0 Å². The van der Waals surface area contributed by atoms with E-state index < -0.39 is 11.2 Å². The number of halogens is 1. The molecule has 0 unspecified atom stereocenters. The lowest BCUT2D eigenvalue weighted by atomic mass is 9.89. The zero-order valence-corrected chi connectivity index (χ0v) is 23.4. The minimum atomic E-state index is -0.416. The molecule has 0 bridgehead atoms. The first-order chi connectivity index (χ1) is 19.1. The second kappa shape index (κ2) is 10.9. The molecule has 5 rings (SSSR count). The van der Waals surface area contributed by atoms with Gasteiger partial charge in [0, 0.05) is 35.7 Å². The molecule has 5 aromatic rings. The molecular formula is C31H33FN6O2. The maximum absolute atomic E-state index is 14.3. The molecule has 1 amide bonds. The lowest BCUT2D eigenvalue weighted by Gasteiger charge is -2.22. The second-order valence-corrected chi connectivity index (χ2v) is 11.2. The molecule has 9 heteroatoms. The molecule has 3 heterocycles. The third-order valence-electron chi connectivity index (χ3n) is 6.43.